The van der Waals surface area contributed by atoms with Gasteiger partial charge < -0.3 is 14.7 Å². The molecule has 7 nitrogen and oxygen atoms in total. The lowest BCUT2D eigenvalue weighted by atomic mass is 10.2. The monoisotopic (exact) mass is 349 g/mol. The fraction of sp³-hybridized carbons (Fsp3) is 0.438. The van der Waals surface area contributed by atoms with Gasteiger partial charge in [0.05, 0.1) is 13.1 Å². The van der Waals surface area contributed by atoms with Crippen molar-refractivity contribution in [3.05, 3.63) is 35.2 Å². The van der Waals surface area contributed by atoms with Gasteiger partial charge in [-0.15, -0.1) is 0 Å². The number of benzene rings is 1. The quantitative estimate of drug-likeness (QED) is 0.875. The molecule has 0 aliphatic carbocycles. The number of likely N-dealkylation sites (N-methyl/N-ethyl adjacent to an activating group) is 1. The van der Waals surface area contributed by atoms with Gasteiger partial charge in [-0.05, 0) is 31.3 Å². The molecule has 1 N–H and O–H groups in total. The van der Waals surface area contributed by atoms with Crippen LogP contribution in [0.25, 0.3) is 11.4 Å². The third-order valence-corrected chi connectivity index (χ3v) is 4.23. The van der Waals surface area contributed by atoms with Gasteiger partial charge in [0.1, 0.15) is 0 Å². The molecule has 3 rings (SSSR count). The minimum absolute atomic E-state index is 0.139. The highest BCUT2D eigenvalue weighted by molar-refractivity contribution is 6.30. The summed E-state index contributed by atoms with van der Waals surface area (Å²) >= 11 is 5.88. The van der Waals surface area contributed by atoms with Crippen molar-refractivity contribution >= 4 is 17.5 Å². The molecule has 1 aromatic carbocycles. The van der Waals surface area contributed by atoms with Crippen LogP contribution in [0, 0.1) is 0 Å². The lowest BCUT2D eigenvalue weighted by molar-refractivity contribution is -0.131. The zero-order chi connectivity index (χ0) is 16.9. The molecule has 1 aliphatic heterocycles. The first-order chi connectivity index (χ1) is 11.7. The maximum absolute atomic E-state index is 11.8. The van der Waals surface area contributed by atoms with Crippen molar-refractivity contribution in [2.75, 3.05) is 39.8 Å². The number of rotatable bonds is 5. The zero-order valence-electron chi connectivity index (χ0n) is 13.5. The SMILES string of the molecule is CNCC(=O)N1CCN(Cc2nc(-c3ccc(Cl)cc3)no2)CC1. The van der Waals surface area contributed by atoms with Gasteiger partial charge in [-0.25, -0.2) is 0 Å². The molecule has 1 aromatic heterocycles. The molecule has 0 radical (unpaired) electrons. The smallest absolute Gasteiger partial charge is 0.241 e. The van der Waals surface area contributed by atoms with Crippen LogP contribution in [0.3, 0.4) is 0 Å². The highest BCUT2D eigenvalue weighted by Gasteiger charge is 2.22. The highest BCUT2D eigenvalue weighted by atomic mass is 35.5. The van der Waals surface area contributed by atoms with E-state index >= 15 is 0 Å². The summed E-state index contributed by atoms with van der Waals surface area (Å²) in [5.74, 6) is 1.28. The highest BCUT2D eigenvalue weighted by Crippen LogP contribution is 2.19. The molecule has 1 saturated heterocycles. The average Bonchev–Trinajstić information content (AvgIpc) is 3.05. The van der Waals surface area contributed by atoms with E-state index < -0.39 is 0 Å². The lowest BCUT2D eigenvalue weighted by Crippen LogP contribution is -2.50. The molecular formula is C16H20ClN5O2. The van der Waals surface area contributed by atoms with E-state index in [4.69, 9.17) is 16.1 Å². The van der Waals surface area contributed by atoms with E-state index in [1.165, 1.54) is 0 Å². The second-order valence-electron chi connectivity index (χ2n) is 5.71. The molecule has 1 fully saturated rings. The Balaban J connectivity index is 1.54. The summed E-state index contributed by atoms with van der Waals surface area (Å²) in [5, 5.41) is 7.59. The summed E-state index contributed by atoms with van der Waals surface area (Å²) < 4.78 is 5.34. The Labute approximate surface area is 145 Å². The molecule has 0 saturated carbocycles. The summed E-state index contributed by atoms with van der Waals surface area (Å²) in [4.78, 5) is 20.4. The number of hydrogen-bond acceptors (Lipinski definition) is 6. The summed E-state index contributed by atoms with van der Waals surface area (Å²) in [7, 11) is 1.78. The number of hydrogen-bond donors (Lipinski definition) is 1. The van der Waals surface area contributed by atoms with Gasteiger partial charge in [-0.3, -0.25) is 9.69 Å². The topological polar surface area (TPSA) is 74.5 Å². The van der Waals surface area contributed by atoms with Crippen LogP contribution in [-0.4, -0.2) is 65.6 Å². The standard InChI is InChI=1S/C16H20ClN5O2/c1-18-10-15(23)22-8-6-21(7-9-22)11-14-19-16(20-24-14)12-2-4-13(17)5-3-12/h2-5,18H,6-11H2,1H3. The van der Waals surface area contributed by atoms with Crippen LogP contribution in [0.15, 0.2) is 28.8 Å². The Morgan fingerprint density at radius 2 is 1.96 bits per heavy atom. The average molecular weight is 350 g/mol. The van der Waals surface area contributed by atoms with Crippen LogP contribution < -0.4 is 5.32 Å². The normalized spacial score (nSPS) is 15.7. The molecular weight excluding hydrogens is 330 g/mol. The Hall–Kier alpha value is -1.96. The number of carbonyl (C=O) groups is 1. The largest absolute Gasteiger partial charge is 0.339 e. The second kappa shape index (κ2) is 7.74. The second-order valence-corrected chi connectivity index (χ2v) is 6.14. The summed E-state index contributed by atoms with van der Waals surface area (Å²) in [5.41, 5.74) is 0.872. The predicted octanol–water partition coefficient (Wildman–Crippen LogP) is 1.25. The van der Waals surface area contributed by atoms with Crippen molar-refractivity contribution in [1.82, 2.24) is 25.3 Å². The molecule has 2 aromatic rings. The van der Waals surface area contributed by atoms with E-state index in [-0.39, 0.29) is 5.91 Å². The summed E-state index contributed by atoms with van der Waals surface area (Å²) in [6, 6.07) is 7.33. The Morgan fingerprint density at radius 3 is 2.62 bits per heavy atom. The number of carbonyl (C=O) groups excluding carboxylic acids is 1. The van der Waals surface area contributed by atoms with Crippen LogP contribution >= 0.6 is 11.6 Å². The zero-order valence-corrected chi connectivity index (χ0v) is 14.3. The first-order valence-electron chi connectivity index (χ1n) is 7.89. The molecule has 0 atom stereocenters. The van der Waals surface area contributed by atoms with Crippen LogP contribution in [0.4, 0.5) is 0 Å². The van der Waals surface area contributed by atoms with Gasteiger partial charge in [0.15, 0.2) is 0 Å². The van der Waals surface area contributed by atoms with Gasteiger partial charge in [-0.2, -0.15) is 4.98 Å². The molecule has 0 bridgehead atoms. The van der Waals surface area contributed by atoms with Crippen LogP contribution in [0.5, 0.6) is 0 Å². The minimum atomic E-state index is 0.139. The number of nitrogens with one attached hydrogen (secondary N) is 1. The van der Waals surface area contributed by atoms with E-state index in [2.05, 4.69) is 20.4 Å². The first kappa shape index (κ1) is 16.9. The van der Waals surface area contributed by atoms with Crippen molar-refractivity contribution in [1.29, 1.82) is 0 Å². The molecule has 1 aliphatic rings. The molecule has 24 heavy (non-hydrogen) atoms. The first-order valence-corrected chi connectivity index (χ1v) is 8.27. The summed E-state index contributed by atoms with van der Waals surface area (Å²) in [6.07, 6.45) is 0. The van der Waals surface area contributed by atoms with E-state index in [1.54, 1.807) is 19.2 Å². The predicted molar refractivity (Wildman–Crippen MR) is 90.5 cm³/mol. The Kier molecular flexibility index (Phi) is 5.44. The van der Waals surface area contributed by atoms with Crippen molar-refractivity contribution in [3.8, 4) is 11.4 Å². The number of aromatic nitrogens is 2. The van der Waals surface area contributed by atoms with Gasteiger partial charge in [0, 0.05) is 36.8 Å². The van der Waals surface area contributed by atoms with Gasteiger partial charge in [-0.1, -0.05) is 16.8 Å². The number of nitrogens with zero attached hydrogens (tertiary/aromatic N) is 4. The van der Waals surface area contributed by atoms with E-state index in [9.17, 15) is 4.79 Å². The number of halogens is 1. The van der Waals surface area contributed by atoms with E-state index in [0.29, 0.717) is 29.8 Å². The molecule has 2 heterocycles. The lowest BCUT2D eigenvalue weighted by Gasteiger charge is -2.33. The number of piperazine rings is 1. The van der Waals surface area contributed by atoms with Gasteiger partial charge >= 0.3 is 0 Å². The van der Waals surface area contributed by atoms with Gasteiger partial charge in [0.2, 0.25) is 17.6 Å². The van der Waals surface area contributed by atoms with Crippen molar-refractivity contribution in [3.63, 3.8) is 0 Å². The fourth-order valence-corrected chi connectivity index (χ4v) is 2.77. The Bertz CT molecular complexity index is 680. The molecule has 0 unspecified atom stereocenters. The molecule has 8 heteroatoms. The van der Waals surface area contributed by atoms with Crippen molar-refractivity contribution in [2.24, 2.45) is 0 Å². The summed E-state index contributed by atoms with van der Waals surface area (Å²) in [6.45, 7) is 4.02. The van der Waals surface area contributed by atoms with Crippen molar-refractivity contribution < 1.29 is 9.32 Å². The maximum Gasteiger partial charge on any atom is 0.241 e. The maximum atomic E-state index is 11.8. The molecule has 0 spiro atoms. The van der Waals surface area contributed by atoms with Gasteiger partial charge in [0.25, 0.3) is 0 Å². The van der Waals surface area contributed by atoms with E-state index in [1.807, 2.05) is 17.0 Å². The third-order valence-electron chi connectivity index (χ3n) is 3.98. The van der Waals surface area contributed by atoms with Crippen molar-refractivity contribution in [2.45, 2.75) is 6.54 Å². The Morgan fingerprint density at radius 1 is 1.25 bits per heavy atom. The number of amides is 1. The fourth-order valence-electron chi connectivity index (χ4n) is 2.65. The van der Waals surface area contributed by atoms with Crippen LogP contribution in [0.2, 0.25) is 5.02 Å². The van der Waals surface area contributed by atoms with Crippen LogP contribution in [0.1, 0.15) is 5.89 Å². The molecule has 128 valence electrons. The van der Waals surface area contributed by atoms with Crippen LogP contribution in [-0.2, 0) is 11.3 Å². The molecule has 1 amide bonds. The minimum Gasteiger partial charge on any atom is -0.339 e. The third kappa shape index (κ3) is 4.11. The van der Waals surface area contributed by atoms with E-state index in [0.717, 1.165) is 31.7 Å².